The minimum atomic E-state index is -0.415. The fraction of sp³-hybridized carbons (Fsp3) is 0.446. The smallest absolute Gasteiger partial charge is 0.293 e. The van der Waals surface area contributed by atoms with E-state index in [1.807, 2.05) is 36.4 Å². The highest BCUT2D eigenvalue weighted by Gasteiger charge is 2.42. The number of piperidine rings is 1. The van der Waals surface area contributed by atoms with Gasteiger partial charge in [-0.05, 0) is 118 Å². The van der Waals surface area contributed by atoms with E-state index < -0.39 is 12.2 Å². The minimum Gasteiger partial charge on any atom is -0.392 e. The number of aliphatic hydroxyl groups is 1. The van der Waals surface area contributed by atoms with Crippen LogP contribution < -0.4 is 30.9 Å². The fourth-order valence-electron chi connectivity index (χ4n) is 12.6. The van der Waals surface area contributed by atoms with Crippen LogP contribution in [0.2, 0.25) is 0 Å². The van der Waals surface area contributed by atoms with E-state index in [4.69, 9.17) is 9.72 Å². The fourth-order valence-corrected chi connectivity index (χ4v) is 12.6. The van der Waals surface area contributed by atoms with Crippen LogP contribution in [-0.2, 0) is 42.6 Å². The van der Waals surface area contributed by atoms with Crippen LogP contribution in [0, 0.1) is 5.41 Å². The Hall–Kier alpha value is -7.15. The molecule has 3 saturated heterocycles. The second-order valence-electron chi connectivity index (χ2n) is 21.7. The van der Waals surface area contributed by atoms with Crippen molar-refractivity contribution in [1.29, 1.82) is 0 Å². The molecule has 0 radical (unpaired) electrons. The quantitative estimate of drug-likeness (QED) is 0.101. The van der Waals surface area contributed by atoms with Crippen molar-refractivity contribution in [2.75, 3.05) is 71.3 Å². The normalized spacial score (nSPS) is 22.0. The predicted molar refractivity (Wildman–Crippen MR) is 283 cm³/mol. The molecule has 74 heavy (non-hydrogen) atoms. The number of hydrogen-bond acceptors (Lipinski definition) is 13. The molecule has 5 aromatic rings. The van der Waals surface area contributed by atoms with Crippen molar-refractivity contribution in [3.05, 3.63) is 118 Å². The summed E-state index contributed by atoms with van der Waals surface area (Å²) in [5.74, 6) is -0.569. The number of pyridine rings is 1. The maximum absolute atomic E-state index is 14.1. The lowest BCUT2D eigenvalue weighted by molar-refractivity contribution is -0.111. The Morgan fingerprint density at radius 3 is 2.42 bits per heavy atom. The summed E-state index contributed by atoms with van der Waals surface area (Å²) < 4.78 is 9.06. The van der Waals surface area contributed by atoms with Crippen LogP contribution in [-0.4, -0.2) is 128 Å². The summed E-state index contributed by atoms with van der Waals surface area (Å²) in [5, 5.41) is 17.1. The van der Waals surface area contributed by atoms with Gasteiger partial charge < -0.3 is 39.4 Å². The number of ether oxygens (including phenoxy) is 1. The Balaban J connectivity index is 0.779. The van der Waals surface area contributed by atoms with E-state index >= 15 is 0 Å². The molecule has 18 heteroatoms. The Morgan fingerprint density at radius 1 is 0.865 bits per heavy atom. The van der Waals surface area contributed by atoms with E-state index in [9.17, 15) is 29.1 Å². The lowest BCUT2D eigenvalue weighted by Crippen LogP contribution is -2.58. The van der Waals surface area contributed by atoms with Gasteiger partial charge in [0.2, 0.25) is 5.91 Å². The van der Waals surface area contributed by atoms with Gasteiger partial charge in [0.1, 0.15) is 11.5 Å². The van der Waals surface area contributed by atoms with Crippen LogP contribution in [0.3, 0.4) is 0 Å². The van der Waals surface area contributed by atoms with Gasteiger partial charge in [0.25, 0.3) is 23.3 Å². The molecule has 386 valence electrons. The number of imide groups is 1. The summed E-state index contributed by atoms with van der Waals surface area (Å²) in [6.45, 7) is 17.5. The number of aryl methyl sites for hydroxylation is 1. The molecule has 0 spiro atoms. The van der Waals surface area contributed by atoms with E-state index in [0.717, 1.165) is 56.7 Å². The summed E-state index contributed by atoms with van der Waals surface area (Å²) in [5.41, 5.74) is 8.02. The van der Waals surface area contributed by atoms with Crippen LogP contribution in [0.1, 0.15) is 101 Å². The molecule has 18 nitrogen and oxygen atoms in total. The summed E-state index contributed by atoms with van der Waals surface area (Å²) in [7, 11) is 1.63. The molecular weight excluding hydrogens is 939 g/mol. The van der Waals surface area contributed by atoms with Gasteiger partial charge in [-0.1, -0.05) is 20.4 Å². The number of fused-ring (bicyclic) bond motifs is 4. The summed E-state index contributed by atoms with van der Waals surface area (Å²) in [4.78, 5) is 87.5. The monoisotopic (exact) mass is 1000 g/mol. The molecule has 4 amide bonds. The second kappa shape index (κ2) is 19.3. The van der Waals surface area contributed by atoms with E-state index in [2.05, 4.69) is 69.2 Å². The first-order valence-corrected chi connectivity index (χ1v) is 26.0. The third kappa shape index (κ3) is 8.75. The Kier molecular flexibility index (Phi) is 12.8. The molecule has 2 aromatic carbocycles. The molecule has 0 bridgehead atoms. The molecule has 3 fully saturated rings. The molecule has 0 saturated carbocycles. The minimum absolute atomic E-state index is 0.0320. The van der Waals surface area contributed by atoms with Crippen LogP contribution in [0.4, 0.5) is 34.4 Å². The van der Waals surface area contributed by atoms with Gasteiger partial charge in [-0.25, -0.2) is 9.97 Å². The third-order valence-electron chi connectivity index (χ3n) is 16.2. The van der Waals surface area contributed by atoms with Crippen molar-refractivity contribution in [2.24, 2.45) is 12.5 Å². The molecule has 3 aromatic heterocycles. The van der Waals surface area contributed by atoms with Gasteiger partial charge in [-0.2, -0.15) is 0 Å². The molecule has 8 heterocycles. The van der Waals surface area contributed by atoms with E-state index in [1.54, 1.807) is 36.5 Å². The first-order valence-electron chi connectivity index (χ1n) is 26.0. The number of carbonyl (C=O) groups excluding carboxylic acids is 4. The van der Waals surface area contributed by atoms with E-state index in [0.29, 0.717) is 103 Å². The van der Waals surface area contributed by atoms with Crippen LogP contribution in [0.5, 0.6) is 0 Å². The third-order valence-corrected chi connectivity index (χ3v) is 16.2. The van der Waals surface area contributed by atoms with Crippen molar-refractivity contribution in [2.45, 2.75) is 104 Å². The molecule has 6 aliphatic rings. The standard InChI is InChI=1S/C56H65N11O7/c1-7-49(69)59-44-26-36(58-50-55(73)61(6)31-45(60-50)40-12-16-57-51(43(40)32-68)66-21-20-65-47(54(66)72)25-35-28-56(4,5)29-48(35)65)8-11-46(44)64-19-18-62(30-34(64)3)38-13-17-63(33(2)24-38)39-9-10-41-42(27-39)53(71)67(52(41)70)37-14-22-74-23-15-37/h7-12,16,25-27,31,33-34,37-38,68H,1,13-15,17-24,28-30,32H2,2-6H3,(H,58,60)(H,59,69)/t33-,34-,38?/m0/s1. The highest BCUT2D eigenvalue weighted by molar-refractivity contribution is 6.22. The van der Waals surface area contributed by atoms with Crippen molar-refractivity contribution >= 4 is 58.0 Å². The predicted octanol–water partition coefficient (Wildman–Crippen LogP) is 6.13. The average Bonchev–Trinajstić information content (AvgIpc) is 3.98. The topological polar surface area (TPSA) is 191 Å². The number of nitrogens with zero attached hydrogens (tertiary/aromatic N) is 9. The first kappa shape index (κ1) is 49.1. The van der Waals surface area contributed by atoms with E-state index in [1.165, 1.54) is 26.8 Å². The van der Waals surface area contributed by atoms with Gasteiger partial charge in [0, 0.05) is 124 Å². The lowest BCUT2D eigenvalue weighted by atomic mass is 9.90. The zero-order chi connectivity index (χ0) is 51.7. The number of nitrogens with one attached hydrogen (secondary N) is 2. The number of rotatable bonds is 11. The Morgan fingerprint density at radius 2 is 1.66 bits per heavy atom. The highest BCUT2D eigenvalue weighted by atomic mass is 16.5. The van der Waals surface area contributed by atoms with Crippen LogP contribution in [0.25, 0.3) is 11.3 Å². The van der Waals surface area contributed by atoms with Gasteiger partial charge in [-0.3, -0.25) is 38.7 Å². The lowest BCUT2D eigenvalue weighted by Gasteiger charge is -2.48. The molecule has 3 N–H and O–H groups in total. The van der Waals surface area contributed by atoms with Gasteiger partial charge in [0.05, 0.1) is 34.8 Å². The highest BCUT2D eigenvalue weighted by Crippen LogP contribution is 2.41. The SMILES string of the molecule is C=CC(=O)Nc1cc(Nc2nc(-c3ccnc(N4CCn5c(cc6c5CC(C)(C)C6)C4=O)c3CO)cn(C)c2=O)ccc1N1CCN(C2CCN(c3ccc4c(c3)C(=O)N(C3CCOCC3)C4=O)[C@@H](C)C2)C[C@@H]1C. The Bertz CT molecular complexity index is 3170. The Labute approximate surface area is 430 Å². The molecule has 11 rings (SSSR count). The molecule has 1 unspecified atom stereocenters. The number of amides is 4. The number of hydrogen-bond donors (Lipinski definition) is 3. The number of benzene rings is 2. The number of piperazine rings is 1. The average molecular weight is 1000 g/mol. The number of carbonyl (C=O) groups is 4. The van der Waals surface area contributed by atoms with Crippen molar-refractivity contribution in [3.8, 4) is 11.3 Å². The molecular formula is C56H65N11O7. The number of aliphatic hydroxyl groups excluding tert-OH is 1. The van der Waals surface area contributed by atoms with Crippen molar-refractivity contribution in [1.82, 2.24) is 28.9 Å². The summed E-state index contributed by atoms with van der Waals surface area (Å²) in [6.07, 6.45) is 9.48. The maximum atomic E-state index is 14.1. The maximum Gasteiger partial charge on any atom is 0.293 e. The van der Waals surface area contributed by atoms with Crippen molar-refractivity contribution in [3.63, 3.8) is 0 Å². The number of anilines is 6. The molecule has 1 aliphatic carbocycles. The van der Waals surface area contributed by atoms with Crippen LogP contribution >= 0.6 is 0 Å². The van der Waals surface area contributed by atoms with Crippen molar-refractivity contribution < 1.29 is 29.0 Å². The summed E-state index contributed by atoms with van der Waals surface area (Å²) in [6, 6.07) is 15.6. The van der Waals surface area contributed by atoms with E-state index in [-0.39, 0.29) is 53.0 Å². The molecule has 5 aliphatic heterocycles. The van der Waals surface area contributed by atoms with Crippen LogP contribution in [0.15, 0.2) is 78.4 Å². The zero-order valence-electron chi connectivity index (χ0n) is 42.9. The van der Waals surface area contributed by atoms with Gasteiger partial charge in [-0.15, -0.1) is 0 Å². The first-order chi connectivity index (χ1) is 35.6. The van der Waals surface area contributed by atoms with Gasteiger partial charge >= 0.3 is 0 Å². The summed E-state index contributed by atoms with van der Waals surface area (Å²) >= 11 is 0. The largest absolute Gasteiger partial charge is 0.392 e. The van der Waals surface area contributed by atoms with Gasteiger partial charge in [0.15, 0.2) is 5.82 Å². The molecule has 3 atom stereocenters. The second-order valence-corrected chi connectivity index (χ2v) is 21.7. The number of aromatic nitrogens is 4. The zero-order valence-corrected chi connectivity index (χ0v) is 42.9.